The molecule has 0 radical (unpaired) electrons. The smallest absolute Gasteiger partial charge is 0.317 e. The summed E-state index contributed by atoms with van der Waals surface area (Å²) in [6.45, 7) is 4.64. The van der Waals surface area contributed by atoms with E-state index in [4.69, 9.17) is 5.11 Å². The first-order valence-corrected chi connectivity index (χ1v) is 8.22. The van der Waals surface area contributed by atoms with Gasteiger partial charge in [0.2, 0.25) is 0 Å². The molecule has 1 aliphatic rings. The monoisotopic (exact) mass is 368 g/mol. The third kappa shape index (κ3) is 4.08. The number of halogens is 1. The Bertz CT molecular complexity index is 571. The van der Waals surface area contributed by atoms with Crippen LogP contribution in [-0.2, 0) is 4.79 Å². The summed E-state index contributed by atoms with van der Waals surface area (Å²) in [4.78, 5) is 25.0. The Morgan fingerprint density at radius 1 is 1.41 bits per heavy atom. The summed E-state index contributed by atoms with van der Waals surface area (Å²) in [7, 11) is 0. The number of aryl methyl sites for hydroxylation is 1. The van der Waals surface area contributed by atoms with E-state index >= 15 is 0 Å². The molecule has 22 heavy (non-hydrogen) atoms. The maximum Gasteiger partial charge on any atom is 0.317 e. The Morgan fingerprint density at radius 2 is 2.09 bits per heavy atom. The molecule has 0 aromatic heterocycles. The second kappa shape index (κ2) is 7.24. The van der Waals surface area contributed by atoms with E-state index in [-0.39, 0.29) is 24.5 Å². The Labute approximate surface area is 138 Å². The molecule has 120 valence electrons. The molecule has 1 aromatic rings. The van der Waals surface area contributed by atoms with Crippen LogP contribution in [0.4, 0.5) is 0 Å². The van der Waals surface area contributed by atoms with E-state index in [0.29, 0.717) is 12.1 Å². The van der Waals surface area contributed by atoms with E-state index in [9.17, 15) is 9.59 Å². The van der Waals surface area contributed by atoms with Crippen molar-refractivity contribution in [2.24, 2.45) is 0 Å². The quantitative estimate of drug-likeness (QED) is 0.808. The highest BCUT2D eigenvalue weighted by molar-refractivity contribution is 9.10. The van der Waals surface area contributed by atoms with Crippen LogP contribution in [0.15, 0.2) is 22.7 Å². The van der Waals surface area contributed by atoms with Gasteiger partial charge in [0.25, 0.3) is 5.91 Å². The number of aliphatic carboxylic acids is 1. The second-order valence-electron chi connectivity index (χ2n) is 5.71. The van der Waals surface area contributed by atoms with Gasteiger partial charge < -0.3 is 10.4 Å². The number of carboxylic acid groups (broad SMARTS) is 1. The average molecular weight is 369 g/mol. The number of nitrogens with zero attached hydrogens (tertiary/aromatic N) is 1. The Balaban J connectivity index is 1.86. The van der Waals surface area contributed by atoms with Gasteiger partial charge in [0.15, 0.2) is 0 Å². The first-order valence-electron chi connectivity index (χ1n) is 7.43. The fourth-order valence-electron chi connectivity index (χ4n) is 2.82. The molecular formula is C16H21BrN2O3. The summed E-state index contributed by atoms with van der Waals surface area (Å²) in [5, 5.41) is 11.9. The van der Waals surface area contributed by atoms with Crippen LogP contribution in [0, 0.1) is 6.92 Å². The van der Waals surface area contributed by atoms with Crippen molar-refractivity contribution in [3.05, 3.63) is 33.8 Å². The van der Waals surface area contributed by atoms with Crippen molar-refractivity contribution >= 4 is 27.8 Å². The van der Waals surface area contributed by atoms with Gasteiger partial charge in [-0.3, -0.25) is 14.5 Å². The molecule has 1 aromatic carbocycles. The molecule has 0 unspecified atom stereocenters. The Morgan fingerprint density at radius 3 is 2.64 bits per heavy atom. The molecular weight excluding hydrogens is 348 g/mol. The zero-order chi connectivity index (χ0) is 16.3. The lowest BCUT2D eigenvalue weighted by Crippen LogP contribution is -2.54. The van der Waals surface area contributed by atoms with Crippen LogP contribution >= 0.6 is 15.9 Å². The predicted octanol–water partition coefficient (Wildman–Crippen LogP) is 2.42. The van der Waals surface area contributed by atoms with Crippen LogP contribution in [-0.4, -0.2) is 47.1 Å². The molecule has 1 saturated carbocycles. The summed E-state index contributed by atoms with van der Waals surface area (Å²) in [5.41, 5.74) is 1.62. The lowest BCUT2D eigenvalue weighted by atomic mass is 9.85. The van der Waals surface area contributed by atoms with E-state index in [2.05, 4.69) is 21.2 Å². The molecule has 2 N–H and O–H groups in total. The molecule has 0 aliphatic heterocycles. The van der Waals surface area contributed by atoms with Crippen molar-refractivity contribution in [3.63, 3.8) is 0 Å². The largest absolute Gasteiger partial charge is 0.480 e. The number of benzene rings is 1. The minimum absolute atomic E-state index is 0.0604. The zero-order valence-electron chi connectivity index (χ0n) is 12.8. The lowest BCUT2D eigenvalue weighted by molar-refractivity contribution is -0.139. The van der Waals surface area contributed by atoms with E-state index < -0.39 is 5.97 Å². The molecule has 5 nitrogen and oxygen atoms in total. The number of hydrogen-bond acceptors (Lipinski definition) is 3. The van der Waals surface area contributed by atoms with Gasteiger partial charge in [0.05, 0.1) is 6.54 Å². The highest BCUT2D eigenvalue weighted by atomic mass is 79.9. The predicted molar refractivity (Wildman–Crippen MR) is 88.0 cm³/mol. The zero-order valence-corrected chi connectivity index (χ0v) is 14.4. The van der Waals surface area contributed by atoms with Gasteiger partial charge >= 0.3 is 5.97 Å². The maximum atomic E-state index is 12.3. The van der Waals surface area contributed by atoms with Gasteiger partial charge in [0, 0.05) is 22.1 Å². The van der Waals surface area contributed by atoms with Crippen LogP contribution in [0.5, 0.6) is 0 Å². The van der Waals surface area contributed by atoms with Crippen molar-refractivity contribution in [1.82, 2.24) is 10.2 Å². The van der Waals surface area contributed by atoms with Crippen LogP contribution in [0.25, 0.3) is 0 Å². The summed E-state index contributed by atoms with van der Waals surface area (Å²) in [6.07, 6.45) is 1.62. The summed E-state index contributed by atoms with van der Waals surface area (Å²) in [5.74, 6) is -0.866. The highest BCUT2D eigenvalue weighted by Gasteiger charge is 2.34. The minimum atomic E-state index is -0.806. The third-order valence-corrected chi connectivity index (χ3v) is 4.64. The molecule has 0 bridgehead atoms. The number of carbonyl (C=O) groups is 2. The topological polar surface area (TPSA) is 69.6 Å². The van der Waals surface area contributed by atoms with Gasteiger partial charge in [-0.1, -0.05) is 22.9 Å². The fraction of sp³-hybridized carbons (Fsp3) is 0.500. The van der Waals surface area contributed by atoms with E-state index in [1.54, 1.807) is 0 Å². The van der Waals surface area contributed by atoms with E-state index in [1.165, 1.54) is 0 Å². The average Bonchev–Trinajstić information content (AvgIpc) is 2.39. The number of nitrogens with one attached hydrogen (secondary N) is 1. The molecule has 0 atom stereocenters. The lowest BCUT2D eigenvalue weighted by Gasteiger charge is -2.42. The number of amides is 1. The van der Waals surface area contributed by atoms with Gasteiger partial charge in [-0.05, 0) is 50.1 Å². The SMILES string of the molecule is CCN(CC(=O)O)C1CC(NC(=O)c2ccc(Br)cc2C)C1. The third-order valence-electron chi connectivity index (χ3n) is 4.14. The Kier molecular flexibility index (Phi) is 5.58. The molecule has 6 heteroatoms. The minimum Gasteiger partial charge on any atom is -0.480 e. The fourth-order valence-corrected chi connectivity index (χ4v) is 3.30. The summed E-state index contributed by atoms with van der Waals surface area (Å²) < 4.78 is 0.956. The van der Waals surface area contributed by atoms with Crippen LogP contribution in [0.1, 0.15) is 35.7 Å². The number of likely N-dealkylation sites (N-methyl/N-ethyl adjacent to an activating group) is 1. The van der Waals surface area contributed by atoms with Gasteiger partial charge in [0.1, 0.15) is 0 Å². The summed E-state index contributed by atoms with van der Waals surface area (Å²) >= 11 is 3.39. The van der Waals surface area contributed by atoms with Gasteiger partial charge in [-0.15, -0.1) is 0 Å². The van der Waals surface area contributed by atoms with Crippen molar-refractivity contribution in [3.8, 4) is 0 Å². The summed E-state index contributed by atoms with van der Waals surface area (Å²) in [6, 6.07) is 5.97. The standard InChI is InChI=1S/C16H21BrN2O3/c1-3-19(9-15(20)21)13-7-12(8-13)18-16(22)14-5-4-11(17)6-10(14)2/h4-6,12-13H,3,7-9H2,1-2H3,(H,18,22)(H,20,21). The molecule has 0 saturated heterocycles. The highest BCUT2D eigenvalue weighted by Crippen LogP contribution is 2.26. The number of carboxylic acids is 1. The molecule has 1 aliphatic carbocycles. The van der Waals surface area contributed by atoms with E-state index in [0.717, 1.165) is 22.9 Å². The maximum absolute atomic E-state index is 12.3. The molecule has 1 amide bonds. The number of rotatable bonds is 6. The molecule has 0 heterocycles. The van der Waals surface area contributed by atoms with Gasteiger partial charge in [-0.2, -0.15) is 0 Å². The first-order chi connectivity index (χ1) is 10.4. The molecule has 2 rings (SSSR count). The number of hydrogen-bond donors (Lipinski definition) is 2. The van der Waals surface area contributed by atoms with Crippen molar-refractivity contribution in [1.29, 1.82) is 0 Å². The van der Waals surface area contributed by atoms with Gasteiger partial charge in [-0.25, -0.2) is 0 Å². The van der Waals surface area contributed by atoms with E-state index in [1.807, 2.05) is 36.9 Å². The normalized spacial score (nSPS) is 20.5. The second-order valence-corrected chi connectivity index (χ2v) is 6.63. The van der Waals surface area contributed by atoms with Crippen molar-refractivity contribution in [2.75, 3.05) is 13.1 Å². The van der Waals surface area contributed by atoms with Crippen LogP contribution < -0.4 is 5.32 Å². The molecule has 0 spiro atoms. The number of carbonyl (C=O) groups excluding carboxylic acids is 1. The van der Waals surface area contributed by atoms with Crippen molar-refractivity contribution < 1.29 is 14.7 Å². The molecule has 1 fully saturated rings. The first kappa shape index (κ1) is 17.0. The Hall–Kier alpha value is -1.40. The van der Waals surface area contributed by atoms with Crippen LogP contribution in [0.3, 0.4) is 0 Å². The van der Waals surface area contributed by atoms with Crippen molar-refractivity contribution in [2.45, 2.75) is 38.8 Å². The van der Waals surface area contributed by atoms with Crippen LogP contribution in [0.2, 0.25) is 0 Å².